The minimum absolute atomic E-state index is 0.0308. The number of carbonyl (C=O) groups excluding carboxylic acids is 1. The zero-order chi connectivity index (χ0) is 21.5. The van der Waals surface area contributed by atoms with Crippen LogP contribution in [0.2, 0.25) is 0 Å². The van der Waals surface area contributed by atoms with Gasteiger partial charge in [0.2, 0.25) is 10.0 Å². The molecule has 2 aromatic rings. The second kappa shape index (κ2) is 7.83. The second-order valence-corrected chi connectivity index (χ2v) is 9.24. The molecule has 3 rings (SSSR count). The Hall–Kier alpha value is -2.33. The van der Waals surface area contributed by atoms with Gasteiger partial charge in [-0.2, -0.15) is 9.40 Å². The Morgan fingerprint density at radius 1 is 1.07 bits per heavy atom. The maximum Gasteiger partial charge on any atom is 0.254 e. The van der Waals surface area contributed by atoms with Crippen molar-refractivity contribution in [2.24, 2.45) is 0 Å². The molecule has 1 amide bonds. The number of piperazine rings is 1. The van der Waals surface area contributed by atoms with Crippen molar-refractivity contribution >= 4 is 15.9 Å². The fourth-order valence-corrected chi connectivity index (χ4v) is 5.38. The fourth-order valence-electron chi connectivity index (χ4n) is 3.60. The van der Waals surface area contributed by atoms with Gasteiger partial charge in [-0.15, -0.1) is 0 Å². The van der Waals surface area contributed by atoms with Gasteiger partial charge in [-0.25, -0.2) is 17.2 Å². The van der Waals surface area contributed by atoms with E-state index in [1.807, 2.05) is 13.8 Å². The van der Waals surface area contributed by atoms with Crippen molar-refractivity contribution in [1.29, 1.82) is 0 Å². The number of hydrogen-bond acceptors (Lipinski definition) is 4. The average molecular weight is 426 g/mol. The summed E-state index contributed by atoms with van der Waals surface area (Å²) >= 11 is 0. The van der Waals surface area contributed by atoms with Gasteiger partial charge in [-0.1, -0.05) is 0 Å². The van der Waals surface area contributed by atoms with Gasteiger partial charge < -0.3 is 4.90 Å². The molecule has 1 fully saturated rings. The first-order valence-electron chi connectivity index (χ1n) is 9.34. The summed E-state index contributed by atoms with van der Waals surface area (Å²) in [5, 5.41) is 4.35. The molecule has 0 bridgehead atoms. The third kappa shape index (κ3) is 3.91. The lowest BCUT2D eigenvalue weighted by atomic mass is 10.1. The summed E-state index contributed by atoms with van der Waals surface area (Å²) in [5.74, 6) is -2.57. The van der Waals surface area contributed by atoms with Crippen LogP contribution in [0.1, 0.15) is 41.6 Å². The molecule has 2 heterocycles. The minimum Gasteiger partial charge on any atom is -0.336 e. The highest BCUT2D eigenvalue weighted by Crippen LogP contribution is 2.26. The Bertz CT molecular complexity index is 1040. The summed E-state index contributed by atoms with van der Waals surface area (Å²) in [7, 11) is -3.76. The van der Waals surface area contributed by atoms with Gasteiger partial charge in [-0.05, 0) is 45.9 Å². The number of aromatic nitrogens is 2. The summed E-state index contributed by atoms with van der Waals surface area (Å²) in [5.41, 5.74) is 1.05. The number of aryl methyl sites for hydroxylation is 1. The third-order valence-corrected chi connectivity index (χ3v) is 7.19. The van der Waals surface area contributed by atoms with Crippen molar-refractivity contribution in [2.45, 2.75) is 38.6 Å². The molecule has 1 saturated heterocycles. The van der Waals surface area contributed by atoms with Gasteiger partial charge in [-0.3, -0.25) is 9.48 Å². The Morgan fingerprint density at radius 2 is 1.69 bits per heavy atom. The zero-order valence-corrected chi connectivity index (χ0v) is 17.6. The van der Waals surface area contributed by atoms with E-state index >= 15 is 0 Å². The van der Waals surface area contributed by atoms with Crippen LogP contribution in [-0.2, 0) is 10.0 Å². The number of benzene rings is 1. The summed E-state index contributed by atoms with van der Waals surface area (Å²) in [6.45, 7) is 7.81. The van der Waals surface area contributed by atoms with Crippen LogP contribution in [0.15, 0.2) is 23.1 Å². The molecule has 29 heavy (non-hydrogen) atoms. The number of rotatable bonds is 4. The molecule has 0 radical (unpaired) electrons. The van der Waals surface area contributed by atoms with E-state index in [-0.39, 0.29) is 42.7 Å². The topological polar surface area (TPSA) is 75.5 Å². The third-order valence-electron chi connectivity index (χ3n) is 5.04. The van der Waals surface area contributed by atoms with Crippen LogP contribution in [0.3, 0.4) is 0 Å². The molecule has 1 aliphatic heterocycles. The van der Waals surface area contributed by atoms with E-state index in [4.69, 9.17) is 0 Å². The lowest BCUT2D eigenvalue weighted by Gasteiger charge is -2.34. The summed E-state index contributed by atoms with van der Waals surface area (Å²) < 4.78 is 55.9. The molecule has 0 unspecified atom stereocenters. The molecule has 0 spiro atoms. The van der Waals surface area contributed by atoms with E-state index in [1.165, 1.54) is 15.3 Å². The van der Waals surface area contributed by atoms with Gasteiger partial charge in [0.25, 0.3) is 5.91 Å². The van der Waals surface area contributed by atoms with Crippen LogP contribution in [0, 0.1) is 25.5 Å². The van der Waals surface area contributed by atoms with Crippen molar-refractivity contribution in [3.05, 3.63) is 46.8 Å². The van der Waals surface area contributed by atoms with Gasteiger partial charge in [0.15, 0.2) is 11.6 Å². The SMILES string of the molecule is Cc1nn(C(C)C)c(C)c1S(=O)(=O)N1CCN(C(=O)c2ccc(F)c(F)c2)CC1. The van der Waals surface area contributed by atoms with Crippen LogP contribution in [-0.4, -0.2) is 59.5 Å². The highest BCUT2D eigenvalue weighted by molar-refractivity contribution is 7.89. The Kier molecular flexibility index (Phi) is 5.77. The first kappa shape index (κ1) is 21.4. The van der Waals surface area contributed by atoms with Crippen LogP contribution in [0.5, 0.6) is 0 Å². The molecule has 1 aliphatic rings. The molecule has 0 atom stereocenters. The van der Waals surface area contributed by atoms with Crippen LogP contribution in [0.25, 0.3) is 0 Å². The summed E-state index contributed by atoms with van der Waals surface area (Å²) in [6, 6.07) is 3.01. The molecule has 1 aromatic heterocycles. The van der Waals surface area contributed by atoms with E-state index in [0.29, 0.717) is 11.4 Å². The maximum absolute atomic E-state index is 13.4. The predicted molar refractivity (Wildman–Crippen MR) is 103 cm³/mol. The predicted octanol–water partition coefficient (Wildman–Crippen LogP) is 2.51. The lowest BCUT2D eigenvalue weighted by molar-refractivity contribution is 0.0697. The zero-order valence-electron chi connectivity index (χ0n) is 16.8. The Labute approximate surface area is 169 Å². The van der Waals surface area contributed by atoms with E-state index < -0.39 is 27.6 Å². The van der Waals surface area contributed by atoms with E-state index in [0.717, 1.165) is 12.1 Å². The van der Waals surface area contributed by atoms with Crippen molar-refractivity contribution in [3.63, 3.8) is 0 Å². The number of halogens is 2. The molecule has 0 saturated carbocycles. The molecule has 7 nitrogen and oxygen atoms in total. The average Bonchev–Trinajstić information content (AvgIpc) is 2.98. The lowest BCUT2D eigenvalue weighted by Crippen LogP contribution is -2.50. The summed E-state index contributed by atoms with van der Waals surface area (Å²) in [6.07, 6.45) is 0. The molecular weight excluding hydrogens is 402 g/mol. The van der Waals surface area contributed by atoms with Crippen LogP contribution < -0.4 is 0 Å². The van der Waals surface area contributed by atoms with Gasteiger partial charge in [0.1, 0.15) is 4.90 Å². The van der Waals surface area contributed by atoms with Crippen molar-refractivity contribution in [2.75, 3.05) is 26.2 Å². The van der Waals surface area contributed by atoms with Crippen LogP contribution in [0.4, 0.5) is 8.78 Å². The van der Waals surface area contributed by atoms with E-state index in [2.05, 4.69) is 5.10 Å². The monoisotopic (exact) mass is 426 g/mol. The van der Waals surface area contributed by atoms with E-state index in [9.17, 15) is 22.0 Å². The van der Waals surface area contributed by atoms with Crippen molar-refractivity contribution < 1.29 is 22.0 Å². The van der Waals surface area contributed by atoms with Crippen LogP contribution >= 0.6 is 0 Å². The fraction of sp³-hybridized carbons (Fsp3) is 0.474. The smallest absolute Gasteiger partial charge is 0.254 e. The van der Waals surface area contributed by atoms with Crippen molar-refractivity contribution in [1.82, 2.24) is 19.0 Å². The summed E-state index contributed by atoms with van der Waals surface area (Å²) in [4.78, 5) is 14.2. The van der Waals surface area contributed by atoms with Gasteiger partial charge in [0, 0.05) is 37.8 Å². The number of nitrogens with zero attached hydrogens (tertiary/aromatic N) is 4. The Morgan fingerprint density at radius 3 is 2.21 bits per heavy atom. The quantitative estimate of drug-likeness (QED) is 0.753. The highest BCUT2D eigenvalue weighted by Gasteiger charge is 2.34. The molecule has 10 heteroatoms. The molecular formula is C19H24F2N4O3S. The van der Waals surface area contributed by atoms with Gasteiger partial charge >= 0.3 is 0 Å². The molecule has 158 valence electrons. The standard InChI is InChI=1S/C19H24F2N4O3S/c1-12(2)25-14(4)18(13(3)22-25)29(27,28)24-9-7-23(8-10-24)19(26)15-5-6-16(20)17(21)11-15/h5-6,11-12H,7-10H2,1-4H3. The first-order chi connectivity index (χ1) is 13.5. The number of sulfonamides is 1. The largest absolute Gasteiger partial charge is 0.336 e. The van der Waals surface area contributed by atoms with Gasteiger partial charge in [0.05, 0.1) is 11.4 Å². The maximum atomic E-state index is 13.4. The van der Waals surface area contributed by atoms with E-state index in [1.54, 1.807) is 18.5 Å². The minimum atomic E-state index is -3.76. The van der Waals surface area contributed by atoms with Crippen molar-refractivity contribution in [3.8, 4) is 0 Å². The normalized spacial score (nSPS) is 15.9. The molecule has 0 aliphatic carbocycles. The first-order valence-corrected chi connectivity index (χ1v) is 10.8. The number of amides is 1. The highest BCUT2D eigenvalue weighted by atomic mass is 32.2. The molecule has 1 aromatic carbocycles. The number of carbonyl (C=O) groups is 1. The second-order valence-electron chi connectivity index (χ2n) is 7.36. The Balaban J connectivity index is 1.76. The molecule has 0 N–H and O–H groups in total. The number of hydrogen-bond donors (Lipinski definition) is 0.